The molecule has 0 bridgehead atoms. The molecule has 7 heteroatoms. The number of nitrogens with zero attached hydrogens (tertiary/aromatic N) is 3. The molecule has 0 unspecified atom stereocenters. The van der Waals surface area contributed by atoms with Gasteiger partial charge in [-0.1, -0.05) is 5.16 Å². The highest BCUT2D eigenvalue weighted by atomic mass is 32.2. The Morgan fingerprint density at radius 2 is 2.00 bits per heavy atom. The highest BCUT2D eigenvalue weighted by Crippen LogP contribution is 2.21. The Morgan fingerprint density at radius 1 is 1.35 bits per heavy atom. The Bertz CT molecular complexity index is 742. The molecule has 0 aliphatic carbocycles. The molecule has 0 amide bonds. The molecular weight excluding hydrogens is 278 g/mol. The molecule has 0 aliphatic rings. The van der Waals surface area contributed by atoms with Crippen LogP contribution in [0.4, 0.5) is 5.69 Å². The van der Waals surface area contributed by atoms with Crippen LogP contribution in [0, 0.1) is 18.3 Å². The minimum absolute atomic E-state index is 0.0611. The van der Waals surface area contributed by atoms with Crippen LogP contribution >= 0.6 is 0 Å². The van der Waals surface area contributed by atoms with Crippen molar-refractivity contribution in [1.82, 2.24) is 5.16 Å². The van der Waals surface area contributed by atoms with E-state index < -0.39 is 10.0 Å². The molecule has 0 saturated heterocycles. The van der Waals surface area contributed by atoms with Gasteiger partial charge in [0.2, 0.25) is 10.0 Å². The number of anilines is 1. The summed E-state index contributed by atoms with van der Waals surface area (Å²) in [4.78, 5) is 0. The molecule has 1 heterocycles. The third kappa shape index (κ3) is 3.16. The first-order valence-corrected chi connectivity index (χ1v) is 7.65. The van der Waals surface area contributed by atoms with Crippen molar-refractivity contribution in [2.45, 2.75) is 13.5 Å². The highest BCUT2D eigenvalue weighted by Gasteiger charge is 2.19. The maximum absolute atomic E-state index is 11.9. The standard InChI is InChI=1S/C13H13N3O3S/c1-10-7-13(19-15-10)9-16(20(2,17)18)12-5-3-11(8-14)4-6-12/h3-7H,9H2,1-2H3. The number of aromatic nitrogens is 1. The second-order valence-corrected chi connectivity index (χ2v) is 6.27. The fourth-order valence-electron chi connectivity index (χ4n) is 1.73. The lowest BCUT2D eigenvalue weighted by Crippen LogP contribution is -2.29. The average Bonchev–Trinajstić information content (AvgIpc) is 2.81. The Kier molecular flexibility index (Phi) is 3.77. The maximum atomic E-state index is 11.9. The van der Waals surface area contributed by atoms with Gasteiger partial charge < -0.3 is 4.52 Å². The first-order chi connectivity index (χ1) is 9.40. The number of aryl methyl sites for hydroxylation is 1. The van der Waals surface area contributed by atoms with E-state index in [4.69, 9.17) is 9.78 Å². The zero-order valence-electron chi connectivity index (χ0n) is 11.1. The van der Waals surface area contributed by atoms with Crippen LogP contribution in [0.3, 0.4) is 0 Å². The summed E-state index contributed by atoms with van der Waals surface area (Å²) >= 11 is 0. The summed E-state index contributed by atoms with van der Waals surface area (Å²) < 4.78 is 30.0. The molecule has 104 valence electrons. The van der Waals surface area contributed by atoms with Crippen LogP contribution in [0.5, 0.6) is 0 Å². The molecule has 6 nitrogen and oxygen atoms in total. The molecule has 1 aromatic heterocycles. The smallest absolute Gasteiger partial charge is 0.232 e. The molecule has 2 aromatic rings. The van der Waals surface area contributed by atoms with Gasteiger partial charge in [-0.2, -0.15) is 5.26 Å². The van der Waals surface area contributed by atoms with Crippen LogP contribution in [-0.4, -0.2) is 19.8 Å². The maximum Gasteiger partial charge on any atom is 0.232 e. The fraction of sp³-hybridized carbons (Fsp3) is 0.231. The average molecular weight is 291 g/mol. The third-order valence-electron chi connectivity index (χ3n) is 2.66. The summed E-state index contributed by atoms with van der Waals surface area (Å²) in [5, 5.41) is 12.5. The first-order valence-electron chi connectivity index (χ1n) is 5.80. The molecule has 20 heavy (non-hydrogen) atoms. The summed E-state index contributed by atoms with van der Waals surface area (Å²) in [7, 11) is -3.46. The minimum atomic E-state index is -3.46. The quantitative estimate of drug-likeness (QED) is 0.857. The van der Waals surface area contributed by atoms with E-state index in [-0.39, 0.29) is 6.54 Å². The number of hydrogen-bond donors (Lipinski definition) is 0. The fourth-order valence-corrected chi connectivity index (χ4v) is 2.60. The topological polar surface area (TPSA) is 87.2 Å². The summed E-state index contributed by atoms with van der Waals surface area (Å²) in [6.07, 6.45) is 1.12. The Morgan fingerprint density at radius 3 is 2.45 bits per heavy atom. The summed E-state index contributed by atoms with van der Waals surface area (Å²) in [5.41, 5.74) is 1.63. The van der Waals surface area contributed by atoms with Gasteiger partial charge in [-0.05, 0) is 31.2 Å². The number of hydrogen-bond acceptors (Lipinski definition) is 5. The van der Waals surface area contributed by atoms with Gasteiger partial charge in [0.25, 0.3) is 0 Å². The van der Waals surface area contributed by atoms with Crippen molar-refractivity contribution in [2.75, 3.05) is 10.6 Å². The first kappa shape index (κ1) is 14.1. The van der Waals surface area contributed by atoms with E-state index in [1.165, 1.54) is 4.31 Å². The molecule has 0 radical (unpaired) electrons. The number of benzene rings is 1. The molecule has 0 saturated carbocycles. The Labute approximate surface area is 117 Å². The molecule has 0 atom stereocenters. The van der Waals surface area contributed by atoms with Crippen LogP contribution < -0.4 is 4.31 Å². The van der Waals surface area contributed by atoms with E-state index in [0.29, 0.717) is 22.7 Å². The Balaban J connectivity index is 2.35. The molecule has 0 fully saturated rings. The van der Waals surface area contributed by atoms with Crippen molar-refractivity contribution in [3.05, 3.63) is 47.3 Å². The zero-order valence-corrected chi connectivity index (χ0v) is 11.9. The van der Waals surface area contributed by atoms with Gasteiger partial charge in [0.1, 0.15) is 0 Å². The van der Waals surface area contributed by atoms with Gasteiger partial charge in [-0.3, -0.25) is 4.31 Å². The molecule has 0 N–H and O–H groups in total. The number of rotatable bonds is 4. The molecule has 1 aromatic carbocycles. The molecule has 0 aliphatic heterocycles. The summed E-state index contributed by atoms with van der Waals surface area (Å²) in [6, 6.07) is 9.98. The van der Waals surface area contributed by atoms with Gasteiger partial charge in [0.05, 0.1) is 35.8 Å². The van der Waals surface area contributed by atoms with Gasteiger partial charge in [-0.25, -0.2) is 8.42 Å². The van der Waals surface area contributed by atoms with Crippen molar-refractivity contribution in [3.63, 3.8) is 0 Å². The predicted molar refractivity (Wildman–Crippen MR) is 73.4 cm³/mol. The van der Waals surface area contributed by atoms with Crippen molar-refractivity contribution in [3.8, 4) is 6.07 Å². The largest absolute Gasteiger partial charge is 0.359 e. The van der Waals surface area contributed by atoms with Crippen molar-refractivity contribution < 1.29 is 12.9 Å². The second kappa shape index (κ2) is 5.35. The second-order valence-electron chi connectivity index (χ2n) is 4.36. The third-order valence-corrected chi connectivity index (χ3v) is 3.80. The summed E-state index contributed by atoms with van der Waals surface area (Å²) in [6.45, 7) is 1.82. The van der Waals surface area contributed by atoms with E-state index in [2.05, 4.69) is 5.16 Å². The van der Waals surface area contributed by atoms with Crippen molar-refractivity contribution >= 4 is 15.7 Å². The van der Waals surface area contributed by atoms with Crippen LogP contribution in [0.25, 0.3) is 0 Å². The molecular formula is C13H13N3O3S. The van der Waals surface area contributed by atoms with Crippen LogP contribution in [-0.2, 0) is 16.6 Å². The lowest BCUT2D eigenvalue weighted by molar-refractivity contribution is 0.381. The van der Waals surface area contributed by atoms with Gasteiger partial charge >= 0.3 is 0 Å². The summed E-state index contributed by atoms with van der Waals surface area (Å²) in [5.74, 6) is 0.456. The van der Waals surface area contributed by atoms with E-state index in [1.807, 2.05) is 6.07 Å². The van der Waals surface area contributed by atoms with Crippen molar-refractivity contribution in [2.24, 2.45) is 0 Å². The van der Waals surface area contributed by atoms with Crippen LogP contribution in [0.1, 0.15) is 17.0 Å². The van der Waals surface area contributed by atoms with E-state index in [1.54, 1.807) is 37.3 Å². The molecule has 0 spiro atoms. The van der Waals surface area contributed by atoms with E-state index in [0.717, 1.165) is 6.26 Å². The van der Waals surface area contributed by atoms with E-state index in [9.17, 15) is 8.42 Å². The van der Waals surface area contributed by atoms with Gasteiger partial charge in [0.15, 0.2) is 5.76 Å². The highest BCUT2D eigenvalue weighted by molar-refractivity contribution is 7.92. The zero-order chi connectivity index (χ0) is 14.8. The number of sulfonamides is 1. The lowest BCUT2D eigenvalue weighted by Gasteiger charge is -2.20. The van der Waals surface area contributed by atoms with Gasteiger partial charge in [0, 0.05) is 6.07 Å². The van der Waals surface area contributed by atoms with E-state index >= 15 is 0 Å². The predicted octanol–water partition coefficient (Wildman–Crippen LogP) is 1.82. The van der Waals surface area contributed by atoms with Crippen LogP contribution in [0.2, 0.25) is 0 Å². The Hall–Kier alpha value is -2.33. The van der Waals surface area contributed by atoms with Crippen molar-refractivity contribution in [1.29, 1.82) is 5.26 Å². The number of nitriles is 1. The molecule has 2 rings (SSSR count). The SMILES string of the molecule is Cc1cc(CN(c2ccc(C#N)cc2)S(C)(=O)=O)on1. The monoisotopic (exact) mass is 291 g/mol. The van der Waals surface area contributed by atoms with Gasteiger partial charge in [-0.15, -0.1) is 0 Å². The minimum Gasteiger partial charge on any atom is -0.359 e. The lowest BCUT2D eigenvalue weighted by atomic mass is 10.2. The normalized spacial score (nSPS) is 11.1. The van der Waals surface area contributed by atoms with Crippen LogP contribution in [0.15, 0.2) is 34.9 Å².